The lowest BCUT2D eigenvalue weighted by molar-refractivity contribution is -0.150. The van der Waals surface area contributed by atoms with Crippen molar-refractivity contribution < 1.29 is 9.53 Å². The van der Waals surface area contributed by atoms with Crippen LogP contribution in [0.25, 0.3) is 0 Å². The second-order valence-corrected chi connectivity index (χ2v) is 4.15. The zero-order valence-corrected chi connectivity index (χ0v) is 9.47. The van der Waals surface area contributed by atoms with Crippen molar-refractivity contribution in [1.82, 2.24) is 5.32 Å². The number of esters is 1. The Labute approximate surface area is 80.8 Å². The van der Waals surface area contributed by atoms with Gasteiger partial charge in [-0.15, -0.1) is 0 Å². The first-order valence-electron chi connectivity index (χ1n) is 4.70. The molecule has 1 unspecified atom stereocenters. The van der Waals surface area contributed by atoms with Gasteiger partial charge in [0.1, 0.15) is 5.54 Å². The average Bonchev–Trinajstić information content (AvgIpc) is 2.01. The van der Waals surface area contributed by atoms with Gasteiger partial charge in [-0.05, 0) is 26.7 Å². The summed E-state index contributed by atoms with van der Waals surface area (Å²) in [5.41, 5.74) is -0.580. The smallest absolute Gasteiger partial charge is 0.326 e. The van der Waals surface area contributed by atoms with Crippen molar-refractivity contribution in [2.24, 2.45) is 5.92 Å². The van der Waals surface area contributed by atoms with E-state index >= 15 is 0 Å². The van der Waals surface area contributed by atoms with E-state index in [9.17, 15) is 4.79 Å². The van der Waals surface area contributed by atoms with Crippen LogP contribution in [0.1, 0.15) is 34.6 Å². The van der Waals surface area contributed by atoms with Crippen LogP contribution in [0.5, 0.6) is 0 Å². The van der Waals surface area contributed by atoms with Crippen molar-refractivity contribution in [3.8, 4) is 0 Å². The van der Waals surface area contributed by atoms with Crippen LogP contribution in [0.4, 0.5) is 0 Å². The maximum atomic E-state index is 11.5. The predicted molar refractivity (Wildman–Crippen MR) is 53.5 cm³/mol. The summed E-state index contributed by atoms with van der Waals surface area (Å²) in [6.07, 6.45) is 0. The number of methoxy groups -OCH3 is 1. The molecule has 0 aromatic heterocycles. The summed E-state index contributed by atoms with van der Waals surface area (Å²) in [5, 5.41) is 3.23. The first kappa shape index (κ1) is 12.4. The van der Waals surface area contributed by atoms with Gasteiger partial charge in [0.2, 0.25) is 0 Å². The minimum Gasteiger partial charge on any atom is -0.468 e. The minimum atomic E-state index is -0.580. The van der Waals surface area contributed by atoms with Crippen LogP contribution in [0.2, 0.25) is 0 Å². The molecular formula is C10H21NO2. The van der Waals surface area contributed by atoms with Crippen LogP contribution in [0.15, 0.2) is 0 Å². The maximum absolute atomic E-state index is 11.5. The Morgan fingerprint density at radius 1 is 1.31 bits per heavy atom. The average molecular weight is 187 g/mol. The lowest BCUT2D eigenvalue weighted by atomic mass is 9.88. The third-order valence-corrected chi connectivity index (χ3v) is 2.35. The van der Waals surface area contributed by atoms with Gasteiger partial charge in [-0.25, -0.2) is 0 Å². The predicted octanol–water partition coefficient (Wildman–Crippen LogP) is 1.57. The van der Waals surface area contributed by atoms with Gasteiger partial charge in [0, 0.05) is 6.04 Å². The van der Waals surface area contributed by atoms with Gasteiger partial charge < -0.3 is 4.74 Å². The van der Waals surface area contributed by atoms with Crippen molar-refractivity contribution in [2.75, 3.05) is 7.11 Å². The molecule has 0 radical (unpaired) electrons. The van der Waals surface area contributed by atoms with E-state index in [2.05, 4.69) is 5.32 Å². The van der Waals surface area contributed by atoms with E-state index in [4.69, 9.17) is 4.74 Å². The Balaban J connectivity index is 4.62. The van der Waals surface area contributed by atoms with Crippen molar-refractivity contribution in [3.05, 3.63) is 0 Å². The van der Waals surface area contributed by atoms with E-state index in [1.165, 1.54) is 7.11 Å². The molecule has 13 heavy (non-hydrogen) atoms. The number of nitrogens with one attached hydrogen (secondary N) is 1. The van der Waals surface area contributed by atoms with Crippen LogP contribution >= 0.6 is 0 Å². The van der Waals surface area contributed by atoms with E-state index in [-0.39, 0.29) is 17.9 Å². The highest BCUT2D eigenvalue weighted by atomic mass is 16.5. The molecule has 0 bridgehead atoms. The van der Waals surface area contributed by atoms with Gasteiger partial charge in [0.25, 0.3) is 0 Å². The topological polar surface area (TPSA) is 38.3 Å². The highest BCUT2D eigenvalue weighted by Crippen LogP contribution is 2.18. The SMILES string of the molecule is COC(=O)C(C)(NC(C)C)C(C)C. The first-order valence-corrected chi connectivity index (χ1v) is 4.70. The second kappa shape index (κ2) is 4.61. The molecule has 0 amide bonds. The quantitative estimate of drug-likeness (QED) is 0.679. The molecule has 78 valence electrons. The summed E-state index contributed by atoms with van der Waals surface area (Å²) < 4.78 is 4.78. The molecule has 0 spiro atoms. The molecule has 0 aliphatic heterocycles. The number of carbonyl (C=O) groups excluding carboxylic acids is 1. The van der Waals surface area contributed by atoms with Crippen LogP contribution < -0.4 is 5.32 Å². The van der Waals surface area contributed by atoms with Gasteiger partial charge in [-0.3, -0.25) is 10.1 Å². The van der Waals surface area contributed by atoms with Crippen molar-refractivity contribution in [1.29, 1.82) is 0 Å². The molecule has 0 saturated heterocycles. The normalized spacial score (nSPS) is 16.0. The zero-order chi connectivity index (χ0) is 10.6. The molecule has 3 heteroatoms. The lowest BCUT2D eigenvalue weighted by Gasteiger charge is -2.33. The first-order chi connectivity index (χ1) is 5.84. The second-order valence-electron chi connectivity index (χ2n) is 4.15. The highest BCUT2D eigenvalue weighted by molar-refractivity contribution is 5.80. The summed E-state index contributed by atoms with van der Waals surface area (Å²) in [6, 6.07) is 0.270. The number of ether oxygens (including phenoxy) is 1. The number of carbonyl (C=O) groups is 1. The molecule has 3 nitrogen and oxygen atoms in total. The van der Waals surface area contributed by atoms with E-state index in [1.807, 2.05) is 34.6 Å². The van der Waals surface area contributed by atoms with Gasteiger partial charge in [0.05, 0.1) is 7.11 Å². The molecule has 0 aliphatic rings. The van der Waals surface area contributed by atoms with Crippen LogP contribution in [0, 0.1) is 5.92 Å². The molecular weight excluding hydrogens is 166 g/mol. The van der Waals surface area contributed by atoms with E-state index in [0.717, 1.165) is 0 Å². The number of rotatable bonds is 4. The van der Waals surface area contributed by atoms with E-state index in [1.54, 1.807) is 0 Å². The van der Waals surface area contributed by atoms with Crippen LogP contribution in [0.3, 0.4) is 0 Å². The Hall–Kier alpha value is -0.570. The fourth-order valence-electron chi connectivity index (χ4n) is 1.27. The number of hydrogen-bond donors (Lipinski definition) is 1. The summed E-state index contributed by atoms with van der Waals surface area (Å²) in [4.78, 5) is 11.5. The van der Waals surface area contributed by atoms with Crippen molar-refractivity contribution in [3.63, 3.8) is 0 Å². The monoisotopic (exact) mass is 187 g/mol. The van der Waals surface area contributed by atoms with Gasteiger partial charge in [-0.2, -0.15) is 0 Å². The molecule has 0 aromatic rings. The summed E-state index contributed by atoms with van der Waals surface area (Å²) in [6.45, 7) is 9.93. The molecule has 1 atom stereocenters. The molecule has 0 fully saturated rings. The van der Waals surface area contributed by atoms with Crippen LogP contribution in [-0.2, 0) is 9.53 Å². The fourth-order valence-corrected chi connectivity index (χ4v) is 1.27. The standard InChI is InChI=1S/C10H21NO2/c1-7(2)10(5,9(12)13-6)11-8(3)4/h7-8,11H,1-6H3. The largest absolute Gasteiger partial charge is 0.468 e. The number of hydrogen-bond acceptors (Lipinski definition) is 3. The molecule has 0 aliphatic carbocycles. The summed E-state index contributed by atoms with van der Waals surface area (Å²) >= 11 is 0. The van der Waals surface area contributed by atoms with E-state index < -0.39 is 5.54 Å². The Morgan fingerprint density at radius 3 is 2.00 bits per heavy atom. The molecule has 0 heterocycles. The third kappa shape index (κ3) is 2.99. The zero-order valence-electron chi connectivity index (χ0n) is 9.47. The van der Waals surface area contributed by atoms with Gasteiger partial charge >= 0.3 is 5.97 Å². The molecule has 1 N–H and O–H groups in total. The Bertz CT molecular complexity index is 178. The Morgan fingerprint density at radius 2 is 1.77 bits per heavy atom. The fraction of sp³-hybridized carbons (Fsp3) is 0.900. The third-order valence-electron chi connectivity index (χ3n) is 2.35. The summed E-state index contributed by atoms with van der Waals surface area (Å²) in [5.74, 6) is 0.0125. The minimum absolute atomic E-state index is 0.198. The van der Waals surface area contributed by atoms with Gasteiger partial charge in [-0.1, -0.05) is 13.8 Å². The van der Waals surface area contributed by atoms with Gasteiger partial charge in [0.15, 0.2) is 0 Å². The van der Waals surface area contributed by atoms with Crippen molar-refractivity contribution in [2.45, 2.75) is 46.2 Å². The maximum Gasteiger partial charge on any atom is 0.326 e. The van der Waals surface area contributed by atoms with Crippen LogP contribution in [-0.4, -0.2) is 24.7 Å². The van der Waals surface area contributed by atoms with E-state index in [0.29, 0.717) is 0 Å². The van der Waals surface area contributed by atoms with Crippen molar-refractivity contribution >= 4 is 5.97 Å². The Kier molecular flexibility index (Phi) is 4.40. The lowest BCUT2D eigenvalue weighted by Crippen LogP contribution is -2.56. The highest BCUT2D eigenvalue weighted by Gasteiger charge is 2.37. The molecule has 0 rings (SSSR count). The molecule has 0 saturated carbocycles. The summed E-state index contributed by atoms with van der Waals surface area (Å²) in [7, 11) is 1.42. The molecule has 0 aromatic carbocycles.